The van der Waals surface area contributed by atoms with Crippen molar-refractivity contribution < 1.29 is 9.59 Å². The van der Waals surface area contributed by atoms with Crippen LogP contribution < -0.4 is 15.8 Å². The molecule has 2 N–H and O–H groups in total. The molecular weight excluding hydrogens is 310 g/mol. The predicted molar refractivity (Wildman–Crippen MR) is 86.8 cm³/mol. The van der Waals surface area contributed by atoms with Crippen LogP contribution >= 0.6 is 0 Å². The number of para-hydroxylation sites is 1. The first-order chi connectivity index (χ1) is 11.5. The van der Waals surface area contributed by atoms with Crippen LogP contribution in [0.4, 0.5) is 5.69 Å². The van der Waals surface area contributed by atoms with Gasteiger partial charge in [0.05, 0.1) is 12.2 Å². The maximum absolute atomic E-state index is 12.3. The molecule has 0 saturated heterocycles. The van der Waals surface area contributed by atoms with E-state index in [0.29, 0.717) is 11.5 Å². The van der Waals surface area contributed by atoms with E-state index < -0.39 is 11.9 Å². The number of aliphatic imine (C=N–C) groups is 1. The lowest BCUT2D eigenvalue weighted by molar-refractivity contribution is -0.120. The number of nitrogens with zero attached hydrogens (tertiary/aromatic N) is 5. The van der Waals surface area contributed by atoms with Gasteiger partial charge in [0, 0.05) is 7.05 Å². The number of hydrogen-bond donors (Lipinski definition) is 2. The van der Waals surface area contributed by atoms with Crippen molar-refractivity contribution in [3.8, 4) is 0 Å². The van der Waals surface area contributed by atoms with Gasteiger partial charge in [-0.1, -0.05) is 18.2 Å². The first-order valence-electron chi connectivity index (χ1n) is 7.41. The van der Waals surface area contributed by atoms with Crippen molar-refractivity contribution in [1.29, 1.82) is 0 Å². The Bertz CT molecular complexity index is 784. The smallest absolute Gasteiger partial charge is 0.288 e. The monoisotopic (exact) mass is 327 g/mol. The van der Waals surface area contributed by atoms with Crippen LogP contribution in [0.15, 0.2) is 41.7 Å². The summed E-state index contributed by atoms with van der Waals surface area (Å²) in [4.78, 5) is 32.7. The molecule has 0 bridgehead atoms. The highest BCUT2D eigenvalue weighted by atomic mass is 16.2. The molecule has 0 saturated carbocycles. The van der Waals surface area contributed by atoms with E-state index in [1.165, 1.54) is 5.01 Å². The Morgan fingerprint density at radius 2 is 2.08 bits per heavy atom. The number of carbonyl (C=O) groups is 2. The molecule has 9 nitrogen and oxygen atoms in total. The molecule has 0 fully saturated rings. The van der Waals surface area contributed by atoms with Crippen molar-refractivity contribution >= 4 is 23.3 Å². The van der Waals surface area contributed by atoms with Gasteiger partial charge in [-0.25, -0.2) is 15.0 Å². The van der Waals surface area contributed by atoms with Crippen LogP contribution in [-0.4, -0.2) is 38.5 Å². The van der Waals surface area contributed by atoms with E-state index in [9.17, 15) is 9.59 Å². The Morgan fingerprint density at radius 3 is 2.75 bits per heavy atom. The van der Waals surface area contributed by atoms with Crippen LogP contribution in [0.2, 0.25) is 0 Å². The van der Waals surface area contributed by atoms with Gasteiger partial charge in [0.2, 0.25) is 5.84 Å². The van der Waals surface area contributed by atoms with E-state index in [-0.39, 0.29) is 18.3 Å². The molecular formula is C15H17N7O2. The van der Waals surface area contributed by atoms with Crippen LogP contribution in [0.25, 0.3) is 0 Å². The molecule has 1 aromatic heterocycles. The number of aryl methyl sites for hydroxylation is 1. The van der Waals surface area contributed by atoms with Gasteiger partial charge in [0.15, 0.2) is 5.82 Å². The molecule has 124 valence electrons. The lowest BCUT2D eigenvalue weighted by Crippen LogP contribution is -2.57. The van der Waals surface area contributed by atoms with E-state index in [1.54, 1.807) is 37.1 Å². The number of aromatic nitrogens is 3. The number of hydrogen-bond acceptors (Lipinski definition) is 6. The van der Waals surface area contributed by atoms with Gasteiger partial charge < -0.3 is 5.32 Å². The zero-order valence-electron chi connectivity index (χ0n) is 13.3. The summed E-state index contributed by atoms with van der Waals surface area (Å²) in [7, 11) is 1.75. The summed E-state index contributed by atoms with van der Waals surface area (Å²) < 4.78 is 1.55. The Kier molecular flexibility index (Phi) is 4.23. The third kappa shape index (κ3) is 3.24. The first kappa shape index (κ1) is 15.7. The SMILES string of the molecule is C[C@@H]1N=C(C(=O)NCc2ncn(C)n2)NN(c2ccccc2)C1=O. The predicted octanol–water partition coefficient (Wildman–Crippen LogP) is -0.230. The summed E-state index contributed by atoms with van der Waals surface area (Å²) >= 11 is 0. The second kappa shape index (κ2) is 6.49. The van der Waals surface area contributed by atoms with Crippen molar-refractivity contribution in [2.24, 2.45) is 12.0 Å². The minimum absolute atomic E-state index is 0.0712. The number of anilines is 1. The van der Waals surface area contributed by atoms with Crippen molar-refractivity contribution in [3.63, 3.8) is 0 Å². The van der Waals surface area contributed by atoms with E-state index in [2.05, 4.69) is 25.8 Å². The van der Waals surface area contributed by atoms with Crippen LogP contribution in [0.3, 0.4) is 0 Å². The molecule has 0 spiro atoms. The molecule has 3 rings (SSSR count). The van der Waals surface area contributed by atoms with Gasteiger partial charge in [0.1, 0.15) is 12.4 Å². The molecule has 1 aliphatic heterocycles. The number of hydrazine groups is 1. The molecule has 0 radical (unpaired) electrons. The zero-order valence-corrected chi connectivity index (χ0v) is 13.3. The molecule has 2 amide bonds. The summed E-state index contributed by atoms with van der Waals surface area (Å²) in [6.45, 7) is 1.82. The molecule has 0 aliphatic carbocycles. The average molecular weight is 327 g/mol. The number of carbonyl (C=O) groups excluding carboxylic acids is 2. The molecule has 9 heteroatoms. The van der Waals surface area contributed by atoms with Crippen molar-refractivity contribution in [2.75, 3.05) is 5.01 Å². The quantitative estimate of drug-likeness (QED) is 0.807. The molecule has 1 aromatic carbocycles. The Labute approximate surface area is 138 Å². The zero-order chi connectivity index (χ0) is 17.1. The van der Waals surface area contributed by atoms with Gasteiger partial charge in [-0.2, -0.15) is 5.10 Å². The van der Waals surface area contributed by atoms with Gasteiger partial charge in [0.25, 0.3) is 11.8 Å². The average Bonchev–Trinajstić information content (AvgIpc) is 3.01. The van der Waals surface area contributed by atoms with Crippen LogP contribution in [-0.2, 0) is 23.2 Å². The van der Waals surface area contributed by atoms with Crippen molar-refractivity contribution in [1.82, 2.24) is 25.5 Å². The van der Waals surface area contributed by atoms with Gasteiger partial charge >= 0.3 is 0 Å². The minimum atomic E-state index is -0.653. The standard InChI is InChI=1S/C15H17N7O2/c1-10-15(24)22(11-6-4-3-5-7-11)20-13(18-10)14(23)16-8-12-17-9-21(2)19-12/h3-7,9-10H,8H2,1-2H3,(H,16,23)(H,18,20)/t10-/m0/s1. The fourth-order valence-corrected chi connectivity index (χ4v) is 2.21. The highest BCUT2D eigenvalue weighted by Gasteiger charge is 2.30. The third-order valence-electron chi connectivity index (χ3n) is 3.40. The van der Waals surface area contributed by atoms with E-state index in [0.717, 1.165) is 0 Å². The van der Waals surface area contributed by atoms with E-state index in [1.807, 2.05) is 18.2 Å². The Balaban J connectivity index is 1.71. The molecule has 2 heterocycles. The van der Waals surface area contributed by atoms with Crippen LogP contribution in [0, 0.1) is 0 Å². The maximum Gasteiger partial charge on any atom is 0.288 e. The lowest BCUT2D eigenvalue weighted by atomic mass is 10.2. The topological polar surface area (TPSA) is 105 Å². The summed E-state index contributed by atoms with van der Waals surface area (Å²) in [5.74, 6) is -0.0972. The Hall–Kier alpha value is -3.23. The fraction of sp³-hybridized carbons (Fsp3) is 0.267. The molecule has 0 unspecified atom stereocenters. The molecule has 1 aliphatic rings. The molecule has 2 aromatic rings. The second-order valence-corrected chi connectivity index (χ2v) is 5.29. The second-order valence-electron chi connectivity index (χ2n) is 5.29. The van der Waals surface area contributed by atoms with Crippen LogP contribution in [0.1, 0.15) is 12.7 Å². The molecule has 24 heavy (non-hydrogen) atoms. The van der Waals surface area contributed by atoms with E-state index >= 15 is 0 Å². The number of rotatable bonds is 4. The largest absolute Gasteiger partial charge is 0.342 e. The maximum atomic E-state index is 12.3. The molecule has 1 atom stereocenters. The van der Waals surface area contributed by atoms with Gasteiger partial charge in [-0.15, -0.1) is 0 Å². The van der Waals surface area contributed by atoms with Crippen molar-refractivity contribution in [2.45, 2.75) is 19.5 Å². The normalized spacial score (nSPS) is 17.2. The number of amides is 2. The van der Waals surface area contributed by atoms with Gasteiger partial charge in [-0.3, -0.25) is 19.7 Å². The third-order valence-corrected chi connectivity index (χ3v) is 3.40. The summed E-state index contributed by atoms with van der Waals surface area (Å²) in [6.07, 6.45) is 1.55. The van der Waals surface area contributed by atoms with E-state index in [4.69, 9.17) is 0 Å². The highest BCUT2D eigenvalue weighted by Crippen LogP contribution is 2.15. The van der Waals surface area contributed by atoms with Crippen LogP contribution in [0.5, 0.6) is 0 Å². The Morgan fingerprint density at radius 1 is 1.33 bits per heavy atom. The summed E-state index contributed by atoms with van der Waals surface area (Å²) in [5.41, 5.74) is 3.41. The summed E-state index contributed by atoms with van der Waals surface area (Å²) in [6, 6.07) is 8.37. The van der Waals surface area contributed by atoms with Gasteiger partial charge in [-0.05, 0) is 19.1 Å². The number of benzene rings is 1. The fourth-order valence-electron chi connectivity index (χ4n) is 2.21. The lowest BCUT2D eigenvalue weighted by Gasteiger charge is -2.30. The summed E-state index contributed by atoms with van der Waals surface area (Å²) in [5, 5.41) is 8.09. The first-order valence-corrected chi connectivity index (χ1v) is 7.41. The number of amidine groups is 1. The number of nitrogens with one attached hydrogen (secondary N) is 2. The minimum Gasteiger partial charge on any atom is -0.342 e. The van der Waals surface area contributed by atoms with Crippen molar-refractivity contribution in [3.05, 3.63) is 42.5 Å². The highest BCUT2D eigenvalue weighted by molar-refractivity contribution is 6.39.